The first kappa shape index (κ1) is 54.5. The van der Waals surface area contributed by atoms with E-state index in [1.54, 1.807) is 16.5 Å². The number of ether oxygens (including phenoxy) is 3. The Morgan fingerprint density at radius 1 is 0.759 bits per heavy atom. The minimum atomic E-state index is -0.931. The second-order valence-corrected chi connectivity index (χ2v) is 21.4. The van der Waals surface area contributed by atoms with Crippen molar-refractivity contribution in [1.29, 1.82) is 0 Å². The predicted octanol–water partition coefficient (Wildman–Crippen LogP) is 7.15. The third kappa shape index (κ3) is 12.1. The van der Waals surface area contributed by atoms with Gasteiger partial charge in [0.25, 0.3) is 0 Å². The van der Waals surface area contributed by atoms with Crippen LogP contribution < -0.4 is 32.3 Å². The number of carbonyl (C=O) groups excluding carboxylic acids is 6. The Labute approximate surface area is 459 Å². The van der Waals surface area contributed by atoms with Crippen molar-refractivity contribution in [3.63, 3.8) is 0 Å². The zero-order chi connectivity index (χ0) is 55.2. The van der Waals surface area contributed by atoms with Crippen molar-refractivity contribution in [3.05, 3.63) is 159 Å². The molecule has 10 rings (SSSR count). The van der Waals surface area contributed by atoms with Gasteiger partial charge in [-0.25, -0.2) is 9.59 Å². The molecule has 17 nitrogen and oxygen atoms in total. The summed E-state index contributed by atoms with van der Waals surface area (Å²) in [6.07, 6.45) is 6.22. The van der Waals surface area contributed by atoms with Crippen LogP contribution in [0, 0.1) is 0 Å². The molecule has 6 amide bonds. The lowest BCUT2D eigenvalue weighted by Crippen LogP contribution is -2.56. The first-order chi connectivity index (χ1) is 38.3. The van der Waals surface area contributed by atoms with Gasteiger partial charge in [0.15, 0.2) is 0 Å². The Balaban J connectivity index is 0.664. The molecule has 0 radical (unpaired) electrons. The Morgan fingerprint density at radius 2 is 1.46 bits per heavy atom. The van der Waals surface area contributed by atoms with Crippen LogP contribution in [0.1, 0.15) is 116 Å². The Hall–Kier alpha value is -7.89. The number of alkyl carbamates (subject to hydrolysis) is 1. The van der Waals surface area contributed by atoms with Crippen molar-refractivity contribution in [3.8, 4) is 11.1 Å². The first-order valence-electron chi connectivity index (χ1n) is 27.8. The molecule has 1 saturated heterocycles. The van der Waals surface area contributed by atoms with Gasteiger partial charge in [0, 0.05) is 45.4 Å². The molecule has 6 aromatic rings. The largest absolute Gasteiger partial charge is 0.449 e. The number of carbonyl (C=O) groups is 6. The highest BCUT2D eigenvalue weighted by Gasteiger charge is 2.45. The molecule has 17 heteroatoms. The fourth-order valence-corrected chi connectivity index (χ4v) is 11.9. The van der Waals surface area contributed by atoms with Crippen LogP contribution >= 0.6 is 0 Å². The van der Waals surface area contributed by atoms with E-state index in [0.29, 0.717) is 43.7 Å². The van der Waals surface area contributed by atoms with Crippen LogP contribution in [-0.2, 0) is 77.5 Å². The van der Waals surface area contributed by atoms with Crippen molar-refractivity contribution in [2.75, 3.05) is 24.7 Å². The number of hydrogen-bond donors (Lipinski definition) is 4. The number of fused-ring (bicyclic) bond motifs is 4. The topological polar surface area (TPSA) is 222 Å². The maximum absolute atomic E-state index is 14.5. The monoisotopic (exact) mass is 1070 g/mol. The summed E-state index contributed by atoms with van der Waals surface area (Å²) in [5.41, 5.74) is 16.9. The van der Waals surface area contributed by atoms with E-state index >= 15 is 0 Å². The van der Waals surface area contributed by atoms with E-state index in [1.807, 2.05) is 79.7 Å². The SMILES string of the molecule is C[C@@H](OCc1ccc(CCCCCOCCCc2ccc3c(c2)n(C)c(=O)n3C2CCC(=O)NC2=O)cc1)[C@H](CCC(N)=O)NC(=O)[C@@H]1Cc2cccc3c2N1C(=O)[C@@H](NC(=O)OCC1c2ccccc2-c2ccccc21)CC3. The lowest BCUT2D eigenvalue weighted by molar-refractivity contribution is -0.135. The van der Waals surface area contributed by atoms with Crippen LogP contribution in [0.2, 0.25) is 0 Å². The van der Waals surface area contributed by atoms with Crippen LogP contribution in [-0.4, -0.2) is 88.8 Å². The molecular formula is C62H69N7O10. The lowest BCUT2D eigenvalue weighted by Gasteiger charge is -2.31. The zero-order valence-corrected chi connectivity index (χ0v) is 44.9. The maximum Gasteiger partial charge on any atom is 0.407 e. The van der Waals surface area contributed by atoms with Crippen LogP contribution in [0.4, 0.5) is 10.5 Å². The van der Waals surface area contributed by atoms with Crippen LogP contribution in [0.15, 0.2) is 114 Å². The van der Waals surface area contributed by atoms with Gasteiger partial charge in [-0.3, -0.25) is 43.3 Å². The number of aryl methyl sites for hydroxylation is 4. The van der Waals surface area contributed by atoms with E-state index in [1.165, 1.54) is 10.1 Å². The van der Waals surface area contributed by atoms with Crippen molar-refractivity contribution < 1.29 is 43.0 Å². The number of piperidine rings is 1. The minimum Gasteiger partial charge on any atom is -0.449 e. The standard InChI is InChI=1S/C62H69N7O10/c1-38(78-36-41-22-20-39(21-23-41)12-4-3-9-32-77-33-11-13-40-24-28-51-53(34-40)67(2)62(76)68(51)52-29-31-56(71)66-58(52)72)49(27-30-55(63)70)64-59(73)54-35-43-15-10-14-42-25-26-50(60(74)69(54)57(42)43)65-61(75)79-37-48-46-18-7-5-16-44(46)45-17-6-8-19-47(45)48/h5-8,10,14-24,28,34,38,48-50,52,54H,3-4,9,11-13,25-27,29-33,35-37H2,1-2H3,(H2,63,70)(H,64,73)(H,65,75)(H,66,71,72)/t38-,49+,50+,52?,54+/m1/s1. The number of primary amides is 1. The molecule has 1 aliphatic carbocycles. The quantitative estimate of drug-likeness (QED) is 0.0375. The molecule has 5 N–H and O–H groups in total. The summed E-state index contributed by atoms with van der Waals surface area (Å²) < 4.78 is 21.2. The number of aromatic nitrogens is 2. The number of para-hydroxylation sites is 1. The van der Waals surface area contributed by atoms with Gasteiger partial charge in [-0.1, -0.05) is 103 Å². The first-order valence-corrected chi connectivity index (χ1v) is 27.8. The number of unbranched alkanes of at least 4 members (excludes halogenated alkanes) is 2. The van der Waals surface area contributed by atoms with Crippen molar-refractivity contribution in [2.24, 2.45) is 12.8 Å². The summed E-state index contributed by atoms with van der Waals surface area (Å²) >= 11 is 0. The molecule has 5 aromatic carbocycles. The molecule has 3 aliphatic heterocycles. The smallest absolute Gasteiger partial charge is 0.407 e. The highest BCUT2D eigenvalue weighted by Crippen LogP contribution is 2.45. The minimum absolute atomic E-state index is 0.0270. The summed E-state index contributed by atoms with van der Waals surface area (Å²) in [4.78, 5) is 93.4. The molecule has 0 saturated carbocycles. The van der Waals surface area contributed by atoms with Crippen molar-refractivity contribution in [2.45, 2.75) is 133 Å². The van der Waals surface area contributed by atoms with Crippen molar-refractivity contribution >= 4 is 52.3 Å². The average Bonchev–Trinajstić information content (AvgIpc) is 4.29. The zero-order valence-electron chi connectivity index (χ0n) is 44.9. The second kappa shape index (κ2) is 24.4. The van der Waals surface area contributed by atoms with Crippen LogP contribution in [0.5, 0.6) is 0 Å². The lowest BCUT2D eigenvalue weighted by atomic mass is 9.98. The van der Waals surface area contributed by atoms with E-state index in [4.69, 9.17) is 19.9 Å². The number of anilines is 1. The molecule has 4 aliphatic rings. The summed E-state index contributed by atoms with van der Waals surface area (Å²) in [5, 5.41) is 8.33. The number of nitrogens with zero attached hydrogens (tertiary/aromatic N) is 3. The molecule has 4 heterocycles. The molecule has 1 aromatic heterocycles. The van der Waals surface area contributed by atoms with Crippen LogP contribution in [0.3, 0.4) is 0 Å². The number of amides is 6. The molecule has 0 bridgehead atoms. The number of nitrogens with one attached hydrogen (secondary N) is 3. The van der Waals surface area contributed by atoms with Gasteiger partial charge in [0.1, 0.15) is 24.7 Å². The Bertz CT molecular complexity index is 3280. The molecule has 5 atom stereocenters. The third-order valence-corrected chi connectivity index (χ3v) is 16.2. The molecule has 1 fully saturated rings. The summed E-state index contributed by atoms with van der Waals surface area (Å²) in [7, 11) is 1.70. The fourth-order valence-electron chi connectivity index (χ4n) is 11.9. The van der Waals surface area contributed by atoms with Gasteiger partial charge in [0.2, 0.25) is 29.5 Å². The number of rotatable bonds is 23. The second-order valence-electron chi connectivity index (χ2n) is 21.4. The highest BCUT2D eigenvalue weighted by molar-refractivity contribution is 6.07. The van der Waals surface area contributed by atoms with Gasteiger partial charge >= 0.3 is 11.8 Å². The molecule has 1 unspecified atom stereocenters. The van der Waals surface area contributed by atoms with Crippen molar-refractivity contribution in [1.82, 2.24) is 25.1 Å². The summed E-state index contributed by atoms with van der Waals surface area (Å²) in [5.74, 6) is -2.18. The third-order valence-electron chi connectivity index (χ3n) is 16.2. The van der Waals surface area contributed by atoms with Gasteiger partial charge in [-0.2, -0.15) is 0 Å². The Kier molecular flexibility index (Phi) is 16.8. The number of imide groups is 1. The normalized spacial score (nSPS) is 18.3. The van der Waals surface area contributed by atoms with Gasteiger partial charge in [0.05, 0.1) is 35.5 Å². The van der Waals surface area contributed by atoms with E-state index in [2.05, 4.69) is 52.3 Å². The van der Waals surface area contributed by atoms with E-state index < -0.39 is 48.2 Å². The van der Waals surface area contributed by atoms with Gasteiger partial charge in [-0.05, 0) is 127 Å². The maximum atomic E-state index is 14.5. The number of nitrogens with two attached hydrogens (primary N) is 1. The van der Waals surface area contributed by atoms with E-state index in [9.17, 15) is 33.6 Å². The Morgan fingerprint density at radius 3 is 2.20 bits per heavy atom. The van der Waals surface area contributed by atoms with E-state index in [0.717, 1.165) is 88.5 Å². The van der Waals surface area contributed by atoms with E-state index in [-0.39, 0.29) is 68.2 Å². The molecule has 412 valence electrons. The number of benzene rings is 5. The predicted molar refractivity (Wildman–Crippen MR) is 298 cm³/mol. The van der Waals surface area contributed by atoms with Crippen LogP contribution in [0.25, 0.3) is 22.2 Å². The molecule has 0 spiro atoms. The summed E-state index contributed by atoms with van der Waals surface area (Å²) in [6.45, 7) is 3.53. The highest BCUT2D eigenvalue weighted by atomic mass is 16.5. The molecular weight excluding hydrogens is 1000 g/mol. The number of hydrogen-bond acceptors (Lipinski definition) is 10. The summed E-state index contributed by atoms with van der Waals surface area (Å²) in [6, 6.07) is 33.0. The number of imidazole rings is 1. The fraction of sp³-hybridized carbons (Fsp3) is 0.403. The average molecular weight is 1070 g/mol. The van der Waals surface area contributed by atoms with Gasteiger partial charge in [-0.15, -0.1) is 0 Å². The molecule has 79 heavy (non-hydrogen) atoms. The van der Waals surface area contributed by atoms with Gasteiger partial charge < -0.3 is 30.6 Å².